The second-order valence-electron chi connectivity index (χ2n) is 3.21. The Kier molecular flexibility index (Phi) is 4.41. The van der Waals surface area contributed by atoms with Gasteiger partial charge in [-0.2, -0.15) is 4.21 Å². The summed E-state index contributed by atoms with van der Waals surface area (Å²) in [7, 11) is 0. The molecule has 15 heavy (non-hydrogen) atoms. The summed E-state index contributed by atoms with van der Waals surface area (Å²) in [5.74, 6) is 0.500. The average molecular weight is 233 g/mol. The first kappa shape index (κ1) is 12.3. The predicted octanol–water partition coefficient (Wildman–Crippen LogP) is 1.68. The van der Waals surface area contributed by atoms with Crippen molar-refractivity contribution in [2.45, 2.75) is 26.8 Å². The molecule has 0 saturated heterocycles. The van der Waals surface area contributed by atoms with Crippen LogP contribution in [0.4, 0.5) is 3.89 Å². The van der Waals surface area contributed by atoms with Gasteiger partial charge in [0, 0.05) is 12.4 Å². The average Bonchev–Trinajstić information content (AvgIpc) is 2.67. The molecule has 0 aromatic carbocycles. The van der Waals surface area contributed by atoms with Gasteiger partial charge in [-0.3, -0.25) is 4.90 Å². The molecule has 2 atom stereocenters. The van der Waals surface area contributed by atoms with Gasteiger partial charge in [0.2, 0.25) is 0 Å². The van der Waals surface area contributed by atoms with E-state index in [9.17, 15) is 8.09 Å². The standard InChI is InChI=1S/C9H16FN3OS/c1-4-12(5-2)8(3)9-11-6-7-13(9)15(10)14/h6-8H,4-5H2,1-3H3. The fourth-order valence-corrected chi connectivity index (χ4v) is 2.15. The third-order valence-electron chi connectivity index (χ3n) is 2.52. The van der Waals surface area contributed by atoms with E-state index in [1.807, 2.05) is 20.8 Å². The maximum atomic E-state index is 12.7. The minimum atomic E-state index is -2.52. The molecule has 0 aliphatic carbocycles. The zero-order valence-electron chi connectivity index (χ0n) is 9.18. The van der Waals surface area contributed by atoms with Crippen molar-refractivity contribution >= 4 is 11.4 Å². The van der Waals surface area contributed by atoms with Crippen LogP contribution < -0.4 is 0 Å². The number of aromatic nitrogens is 2. The Morgan fingerprint density at radius 2 is 2.20 bits per heavy atom. The highest BCUT2D eigenvalue weighted by Gasteiger charge is 2.19. The van der Waals surface area contributed by atoms with Gasteiger partial charge in [0.25, 0.3) is 0 Å². The van der Waals surface area contributed by atoms with Crippen LogP contribution >= 0.6 is 0 Å². The van der Waals surface area contributed by atoms with Crippen LogP contribution in [0.2, 0.25) is 0 Å². The van der Waals surface area contributed by atoms with E-state index in [0.717, 1.165) is 17.1 Å². The van der Waals surface area contributed by atoms with Crippen LogP contribution in [0.5, 0.6) is 0 Å². The number of hydrogen-bond acceptors (Lipinski definition) is 3. The molecule has 1 heterocycles. The molecule has 1 aromatic heterocycles. The number of imidazole rings is 1. The molecule has 0 aliphatic rings. The SMILES string of the molecule is CCN(CC)C(C)c1nccn1S(=O)F. The molecule has 4 nitrogen and oxygen atoms in total. The molecule has 6 heteroatoms. The molecule has 0 aliphatic heterocycles. The molecule has 0 amide bonds. The maximum absolute atomic E-state index is 12.7. The predicted molar refractivity (Wildman–Crippen MR) is 58.2 cm³/mol. The lowest BCUT2D eigenvalue weighted by Gasteiger charge is -2.25. The smallest absolute Gasteiger partial charge is 0.294 e. The molecule has 0 saturated carbocycles. The first-order valence-corrected chi connectivity index (χ1v) is 5.98. The summed E-state index contributed by atoms with van der Waals surface area (Å²) in [5, 5.41) is 0. The topological polar surface area (TPSA) is 38.1 Å². The fraction of sp³-hybridized carbons (Fsp3) is 0.667. The van der Waals surface area contributed by atoms with Crippen molar-refractivity contribution in [2.24, 2.45) is 0 Å². The minimum Gasteiger partial charge on any atom is -0.294 e. The quantitative estimate of drug-likeness (QED) is 0.726. The fourth-order valence-electron chi connectivity index (χ4n) is 1.65. The van der Waals surface area contributed by atoms with Gasteiger partial charge in [-0.25, -0.2) is 8.96 Å². The summed E-state index contributed by atoms with van der Waals surface area (Å²) < 4.78 is 24.6. The van der Waals surface area contributed by atoms with Gasteiger partial charge < -0.3 is 0 Å². The molecule has 0 radical (unpaired) electrons. The van der Waals surface area contributed by atoms with Crippen LogP contribution in [0.1, 0.15) is 32.6 Å². The highest BCUT2D eigenvalue weighted by Crippen LogP contribution is 2.18. The van der Waals surface area contributed by atoms with E-state index in [0.29, 0.717) is 5.82 Å². The molecule has 0 fully saturated rings. The molecular formula is C9H16FN3OS. The summed E-state index contributed by atoms with van der Waals surface area (Å²) in [6, 6.07) is -0.0327. The van der Waals surface area contributed by atoms with E-state index in [-0.39, 0.29) is 6.04 Å². The zero-order chi connectivity index (χ0) is 11.4. The lowest BCUT2D eigenvalue weighted by Crippen LogP contribution is -2.28. The molecule has 0 spiro atoms. The van der Waals surface area contributed by atoms with Crippen molar-refractivity contribution < 1.29 is 8.09 Å². The summed E-state index contributed by atoms with van der Waals surface area (Å²) >= 11 is -2.52. The van der Waals surface area contributed by atoms with Crippen LogP contribution in [-0.2, 0) is 11.4 Å². The third-order valence-corrected chi connectivity index (χ3v) is 3.14. The molecule has 1 aromatic rings. The number of halogens is 1. The van der Waals surface area contributed by atoms with Crippen molar-refractivity contribution in [3.63, 3.8) is 0 Å². The Balaban J connectivity index is 2.94. The van der Waals surface area contributed by atoms with E-state index >= 15 is 0 Å². The minimum absolute atomic E-state index is 0.0327. The summed E-state index contributed by atoms with van der Waals surface area (Å²) in [6.07, 6.45) is 2.86. The van der Waals surface area contributed by atoms with Crippen molar-refractivity contribution in [1.82, 2.24) is 13.9 Å². The normalized spacial score (nSPS) is 15.5. The van der Waals surface area contributed by atoms with Gasteiger partial charge in [-0.1, -0.05) is 13.8 Å². The highest BCUT2D eigenvalue weighted by molar-refractivity contribution is 7.78. The van der Waals surface area contributed by atoms with E-state index in [4.69, 9.17) is 0 Å². The van der Waals surface area contributed by atoms with Crippen molar-refractivity contribution in [2.75, 3.05) is 13.1 Å². The molecule has 86 valence electrons. The van der Waals surface area contributed by atoms with Crippen molar-refractivity contribution in [3.05, 3.63) is 18.2 Å². The Bertz CT molecular complexity index is 338. The van der Waals surface area contributed by atoms with Gasteiger partial charge in [0.15, 0.2) is 0 Å². The number of rotatable bonds is 5. The Morgan fingerprint density at radius 1 is 1.60 bits per heavy atom. The van der Waals surface area contributed by atoms with E-state index in [1.54, 1.807) is 0 Å². The van der Waals surface area contributed by atoms with Gasteiger partial charge in [0.1, 0.15) is 5.82 Å². The molecular weight excluding hydrogens is 217 g/mol. The van der Waals surface area contributed by atoms with Crippen molar-refractivity contribution in [1.29, 1.82) is 0 Å². The largest absolute Gasteiger partial charge is 0.309 e. The second kappa shape index (κ2) is 5.37. The summed E-state index contributed by atoms with van der Waals surface area (Å²) in [5.41, 5.74) is 0. The van der Waals surface area contributed by atoms with Crippen LogP contribution in [0, 0.1) is 0 Å². The lowest BCUT2D eigenvalue weighted by molar-refractivity contribution is 0.225. The first-order valence-electron chi connectivity index (χ1n) is 4.97. The van der Waals surface area contributed by atoms with Crippen LogP contribution in [-0.4, -0.2) is 31.2 Å². The Morgan fingerprint density at radius 3 is 2.67 bits per heavy atom. The molecule has 0 bridgehead atoms. The van der Waals surface area contributed by atoms with E-state index < -0.39 is 11.4 Å². The third kappa shape index (κ3) is 2.63. The highest BCUT2D eigenvalue weighted by atomic mass is 32.2. The molecule has 2 unspecified atom stereocenters. The second-order valence-corrected chi connectivity index (χ2v) is 4.02. The Labute approximate surface area is 92.0 Å². The monoisotopic (exact) mass is 233 g/mol. The van der Waals surface area contributed by atoms with Gasteiger partial charge in [-0.15, -0.1) is 3.89 Å². The zero-order valence-corrected chi connectivity index (χ0v) is 10.00. The number of nitrogens with zero attached hydrogens (tertiary/aromatic N) is 3. The van der Waals surface area contributed by atoms with Gasteiger partial charge >= 0.3 is 11.4 Å². The maximum Gasteiger partial charge on any atom is 0.309 e. The molecule has 1 rings (SSSR count). The first-order chi connectivity index (χ1) is 7.11. The molecule has 0 N–H and O–H groups in total. The van der Waals surface area contributed by atoms with E-state index in [2.05, 4.69) is 9.88 Å². The van der Waals surface area contributed by atoms with E-state index in [1.165, 1.54) is 12.4 Å². The number of hydrogen-bond donors (Lipinski definition) is 0. The lowest BCUT2D eigenvalue weighted by atomic mass is 10.2. The Hall–Kier alpha value is -0.750. The van der Waals surface area contributed by atoms with Crippen LogP contribution in [0.25, 0.3) is 0 Å². The van der Waals surface area contributed by atoms with Crippen LogP contribution in [0.3, 0.4) is 0 Å². The van der Waals surface area contributed by atoms with Gasteiger partial charge in [-0.05, 0) is 20.0 Å². The summed E-state index contributed by atoms with van der Waals surface area (Å²) in [6.45, 7) is 7.69. The van der Waals surface area contributed by atoms with Crippen LogP contribution in [0.15, 0.2) is 12.4 Å². The van der Waals surface area contributed by atoms with Crippen molar-refractivity contribution in [3.8, 4) is 0 Å². The summed E-state index contributed by atoms with van der Waals surface area (Å²) in [4.78, 5) is 6.16. The van der Waals surface area contributed by atoms with Gasteiger partial charge in [0.05, 0.1) is 6.04 Å².